The molecular weight excluding hydrogens is 741 g/mol. The van der Waals surface area contributed by atoms with Gasteiger partial charge in [0.1, 0.15) is 36.8 Å². The zero-order valence-electron chi connectivity index (χ0n) is 34.0. The molecule has 0 amide bonds. The van der Waals surface area contributed by atoms with Crippen molar-refractivity contribution in [2.24, 2.45) is 0 Å². The summed E-state index contributed by atoms with van der Waals surface area (Å²) in [5, 5.41) is 30.8. The van der Waals surface area contributed by atoms with E-state index in [1.807, 2.05) is 36.5 Å². The predicted molar refractivity (Wildman–Crippen MR) is 219 cm³/mol. The van der Waals surface area contributed by atoms with Crippen molar-refractivity contribution in [2.75, 3.05) is 19.0 Å². The summed E-state index contributed by atoms with van der Waals surface area (Å²) >= 11 is 0. The summed E-state index contributed by atoms with van der Waals surface area (Å²) in [6, 6.07) is 0. The Bertz CT molecular complexity index is 1280. The van der Waals surface area contributed by atoms with Crippen LogP contribution in [-0.2, 0) is 38.7 Å². The maximum atomic E-state index is 12.8. The number of aliphatic hydroxyl groups is 3. The summed E-state index contributed by atoms with van der Waals surface area (Å²) in [6.45, 7) is 3.55. The van der Waals surface area contributed by atoms with Crippen molar-refractivity contribution in [3.05, 3.63) is 60.8 Å². The van der Waals surface area contributed by atoms with Crippen LogP contribution in [0.25, 0.3) is 0 Å². The molecule has 0 spiro atoms. The number of hydrogen-bond donors (Lipinski definition) is 4. The Kier molecular flexibility index (Phi) is 30.6. The van der Waals surface area contributed by atoms with Gasteiger partial charge in [-0.05, 0) is 57.8 Å². The Hall–Kier alpha value is -2.65. The first-order valence-corrected chi connectivity index (χ1v) is 22.5. The molecule has 13 heteroatoms. The van der Waals surface area contributed by atoms with Gasteiger partial charge in [0.2, 0.25) is 0 Å². The molecule has 1 aliphatic heterocycles. The molecule has 322 valence electrons. The van der Waals surface area contributed by atoms with Crippen LogP contribution in [0, 0.1) is 0 Å². The molecule has 4 N–H and O–H groups in total. The second-order valence-electron chi connectivity index (χ2n) is 14.4. The lowest BCUT2D eigenvalue weighted by atomic mass is 10.00. The number of unbranched alkanes of at least 4 members (excludes halogenated alkanes) is 14. The molecule has 0 saturated carbocycles. The molecule has 1 saturated heterocycles. The molecule has 0 aromatic rings. The van der Waals surface area contributed by atoms with Gasteiger partial charge in [-0.2, -0.15) is 8.42 Å². The lowest BCUT2D eigenvalue weighted by Crippen LogP contribution is -2.60. The van der Waals surface area contributed by atoms with Crippen LogP contribution in [0.1, 0.15) is 142 Å². The molecule has 0 aliphatic carbocycles. The van der Waals surface area contributed by atoms with E-state index in [0.29, 0.717) is 12.8 Å². The zero-order chi connectivity index (χ0) is 41.3. The van der Waals surface area contributed by atoms with Gasteiger partial charge in [-0.25, -0.2) is 0 Å². The number of aliphatic hydroxyl groups excluding tert-OH is 3. The molecule has 6 atom stereocenters. The topological polar surface area (TPSA) is 186 Å². The summed E-state index contributed by atoms with van der Waals surface area (Å²) in [5.74, 6) is -2.04. The Labute approximate surface area is 336 Å². The number of esters is 2. The number of ether oxygens (including phenoxy) is 4. The number of hydrogen-bond acceptors (Lipinski definition) is 11. The first-order valence-electron chi connectivity index (χ1n) is 20.9. The largest absolute Gasteiger partial charge is 0.462 e. The van der Waals surface area contributed by atoms with Crippen molar-refractivity contribution >= 4 is 22.1 Å². The Morgan fingerprint density at radius 1 is 0.625 bits per heavy atom. The van der Waals surface area contributed by atoms with Gasteiger partial charge in [-0.1, -0.05) is 132 Å². The lowest BCUT2D eigenvalue weighted by Gasteiger charge is -2.40. The van der Waals surface area contributed by atoms with Crippen LogP contribution in [0.2, 0.25) is 0 Å². The van der Waals surface area contributed by atoms with Crippen molar-refractivity contribution in [1.29, 1.82) is 0 Å². The highest BCUT2D eigenvalue weighted by atomic mass is 32.2. The maximum absolute atomic E-state index is 12.8. The van der Waals surface area contributed by atoms with Crippen LogP contribution in [0.5, 0.6) is 0 Å². The fourth-order valence-corrected chi connectivity index (χ4v) is 6.61. The molecule has 56 heavy (non-hydrogen) atoms. The fraction of sp³-hybridized carbons (Fsp3) is 0.721. The first-order chi connectivity index (χ1) is 27.0. The van der Waals surface area contributed by atoms with E-state index in [0.717, 1.165) is 64.2 Å². The van der Waals surface area contributed by atoms with Crippen molar-refractivity contribution in [1.82, 2.24) is 0 Å². The average molecular weight is 813 g/mol. The molecular formula is C43H72O12S. The van der Waals surface area contributed by atoms with E-state index < -0.39 is 71.2 Å². The first kappa shape index (κ1) is 51.4. The van der Waals surface area contributed by atoms with E-state index in [4.69, 9.17) is 18.9 Å². The maximum Gasteiger partial charge on any atom is 0.306 e. The number of allylic oxidation sites excluding steroid dienone is 10. The highest BCUT2D eigenvalue weighted by Crippen LogP contribution is 2.24. The third kappa shape index (κ3) is 27.9. The number of carbonyl (C=O) groups excluding carboxylic acids is 2. The minimum atomic E-state index is -4.61. The molecule has 1 heterocycles. The standard InChI is InChI=1S/C43H72O12S/c1-3-5-7-9-11-13-15-17-18-20-21-23-25-27-29-31-38(44)52-33-36(34-53-43-42(48)41(47)40(46)37(55-43)35-56(49,50)51)54-39(45)32-30-28-26-24-22-19-16-14-12-10-8-6-4-2/h5,7,9,11,13,15,17-19,22,36-37,40-43,46-48H,3-4,6,8,10,12,14,16,20-21,23-35H2,1-2H3,(H,49,50,51)/b7-5+,11-9+,15-13+,18-17+,22-19+/t36-,37-,40-,41?,42?,43+/m1/s1. The summed E-state index contributed by atoms with van der Waals surface area (Å²) < 4.78 is 53.9. The van der Waals surface area contributed by atoms with Gasteiger partial charge >= 0.3 is 11.9 Å². The molecule has 0 aromatic heterocycles. The van der Waals surface area contributed by atoms with E-state index in [9.17, 15) is 37.9 Å². The lowest BCUT2D eigenvalue weighted by molar-refractivity contribution is -0.297. The molecule has 12 nitrogen and oxygen atoms in total. The molecule has 0 aromatic carbocycles. The number of rotatable bonds is 33. The quantitative estimate of drug-likeness (QED) is 0.0166. The zero-order valence-corrected chi connectivity index (χ0v) is 34.8. The van der Waals surface area contributed by atoms with Gasteiger partial charge in [-0.3, -0.25) is 14.1 Å². The van der Waals surface area contributed by atoms with Crippen molar-refractivity contribution in [3.8, 4) is 0 Å². The summed E-state index contributed by atoms with van der Waals surface area (Å²) in [6.07, 6.45) is 29.9. The smallest absolute Gasteiger partial charge is 0.306 e. The van der Waals surface area contributed by atoms with Crippen molar-refractivity contribution in [2.45, 2.75) is 179 Å². The van der Waals surface area contributed by atoms with Crippen LogP contribution in [0.3, 0.4) is 0 Å². The van der Waals surface area contributed by atoms with Crippen LogP contribution < -0.4 is 0 Å². The summed E-state index contributed by atoms with van der Waals surface area (Å²) in [7, 11) is -4.61. The third-order valence-electron chi connectivity index (χ3n) is 9.18. The van der Waals surface area contributed by atoms with Crippen LogP contribution >= 0.6 is 0 Å². The normalized spacial score (nSPS) is 21.3. The third-order valence-corrected chi connectivity index (χ3v) is 9.93. The van der Waals surface area contributed by atoms with Crippen LogP contribution in [0.4, 0.5) is 0 Å². The van der Waals surface area contributed by atoms with E-state index in [2.05, 4.69) is 38.2 Å². The average Bonchev–Trinajstić information content (AvgIpc) is 3.16. The number of carbonyl (C=O) groups is 2. The molecule has 1 rings (SSSR count). The molecule has 1 aliphatic rings. The summed E-state index contributed by atoms with van der Waals surface area (Å²) in [5.41, 5.74) is 0. The van der Waals surface area contributed by atoms with E-state index in [1.165, 1.54) is 38.5 Å². The molecule has 1 fully saturated rings. The van der Waals surface area contributed by atoms with Gasteiger partial charge in [0.25, 0.3) is 10.1 Å². The molecule has 2 unspecified atom stereocenters. The Balaban J connectivity index is 2.52. The molecule has 0 bridgehead atoms. The van der Waals surface area contributed by atoms with Gasteiger partial charge in [0, 0.05) is 12.8 Å². The highest BCUT2D eigenvalue weighted by Gasteiger charge is 2.46. The summed E-state index contributed by atoms with van der Waals surface area (Å²) in [4.78, 5) is 25.3. The van der Waals surface area contributed by atoms with Crippen LogP contribution in [-0.4, -0.2) is 96.0 Å². The van der Waals surface area contributed by atoms with Crippen molar-refractivity contribution in [3.63, 3.8) is 0 Å². The monoisotopic (exact) mass is 812 g/mol. The molecule has 0 radical (unpaired) electrons. The predicted octanol–water partition coefficient (Wildman–Crippen LogP) is 7.78. The van der Waals surface area contributed by atoms with Gasteiger partial charge in [0.05, 0.1) is 6.61 Å². The fourth-order valence-electron chi connectivity index (χ4n) is 5.92. The Morgan fingerprint density at radius 3 is 1.75 bits per heavy atom. The van der Waals surface area contributed by atoms with Crippen molar-refractivity contribution < 1.29 is 56.8 Å². The van der Waals surface area contributed by atoms with Crippen LogP contribution in [0.15, 0.2) is 60.8 Å². The SMILES string of the molecule is CC/C=C/C=C/C=C/C=C/CCCCCCCC(=O)OC[C@H](CO[C@H]1O[C@H](CS(=O)(=O)O)[C@@H](O)C(O)C1O)OC(=O)CCCCC/C=C/CCCCCCCC. The van der Waals surface area contributed by atoms with Gasteiger partial charge < -0.3 is 34.3 Å². The van der Waals surface area contributed by atoms with Gasteiger partial charge in [0.15, 0.2) is 12.4 Å². The van der Waals surface area contributed by atoms with Gasteiger partial charge in [-0.15, -0.1) is 0 Å². The minimum absolute atomic E-state index is 0.136. The second kappa shape index (κ2) is 33.3. The Morgan fingerprint density at radius 2 is 1.14 bits per heavy atom. The minimum Gasteiger partial charge on any atom is -0.462 e. The van der Waals surface area contributed by atoms with E-state index >= 15 is 0 Å². The second-order valence-corrected chi connectivity index (χ2v) is 15.9. The van der Waals surface area contributed by atoms with E-state index in [-0.39, 0.29) is 19.4 Å². The highest BCUT2D eigenvalue weighted by molar-refractivity contribution is 7.85. The van der Waals surface area contributed by atoms with E-state index in [1.54, 1.807) is 0 Å².